The zero-order chi connectivity index (χ0) is 15.5. The lowest BCUT2D eigenvalue weighted by molar-refractivity contribution is -0.128. The molecule has 2 fully saturated rings. The van der Waals surface area contributed by atoms with Crippen LogP contribution >= 0.6 is 0 Å². The topological polar surface area (TPSA) is 61.9 Å². The number of halogens is 1. The molecule has 0 aromatic heterocycles. The van der Waals surface area contributed by atoms with E-state index in [1.165, 1.54) is 12.1 Å². The van der Waals surface area contributed by atoms with Crippen molar-refractivity contribution < 1.29 is 18.7 Å². The number of urea groups is 1. The highest BCUT2D eigenvalue weighted by Crippen LogP contribution is 2.25. The van der Waals surface area contributed by atoms with Crippen molar-refractivity contribution in [1.29, 1.82) is 0 Å². The third-order valence-corrected chi connectivity index (χ3v) is 3.93. The van der Waals surface area contributed by atoms with Gasteiger partial charge in [-0.1, -0.05) is 12.1 Å². The van der Waals surface area contributed by atoms with E-state index in [1.807, 2.05) is 0 Å². The van der Waals surface area contributed by atoms with Crippen molar-refractivity contribution in [3.8, 4) is 0 Å². The number of piperazine rings is 1. The SMILES string of the molecule is O=C1NCCN(C(=O)N2CCOCC2)C1c1ccc(F)cc1. The Morgan fingerprint density at radius 1 is 1.18 bits per heavy atom. The summed E-state index contributed by atoms with van der Waals surface area (Å²) in [4.78, 5) is 28.2. The fourth-order valence-corrected chi connectivity index (χ4v) is 2.79. The fourth-order valence-electron chi connectivity index (χ4n) is 2.79. The molecule has 0 bridgehead atoms. The van der Waals surface area contributed by atoms with Gasteiger partial charge in [0.15, 0.2) is 0 Å². The van der Waals surface area contributed by atoms with Crippen molar-refractivity contribution in [1.82, 2.24) is 15.1 Å². The van der Waals surface area contributed by atoms with Crippen molar-refractivity contribution in [3.63, 3.8) is 0 Å². The highest BCUT2D eigenvalue weighted by Gasteiger charge is 2.36. The molecular weight excluding hydrogens is 289 g/mol. The van der Waals surface area contributed by atoms with Gasteiger partial charge in [0.05, 0.1) is 13.2 Å². The summed E-state index contributed by atoms with van der Waals surface area (Å²) in [7, 11) is 0. The number of rotatable bonds is 1. The molecule has 0 saturated carbocycles. The van der Waals surface area contributed by atoms with Gasteiger partial charge in [-0.3, -0.25) is 4.79 Å². The van der Waals surface area contributed by atoms with Gasteiger partial charge in [0.1, 0.15) is 11.9 Å². The van der Waals surface area contributed by atoms with Crippen LogP contribution in [0.1, 0.15) is 11.6 Å². The van der Waals surface area contributed by atoms with Crippen molar-refractivity contribution >= 4 is 11.9 Å². The molecule has 1 atom stereocenters. The number of nitrogens with zero attached hydrogens (tertiary/aromatic N) is 2. The van der Waals surface area contributed by atoms with E-state index < -0.39 is 6.04 Å². The minimum atomic E-state index is -0.718. The Bertz CT molecular complexity index is 558. The molecule has 6 nitrogen and oxygen atoms in total. The Kier molecular flexibility index (Phi) is 4.24. The highest BCUT2D eigenvalue weighted by molar-refractivity contribution is 5.89. The standard InChI is InChI=1S/C15H18FN3O3/c16-12-3-1-11(2-4-12)13-14(20)17-5-6-19(13)15(21)18-7-9-22-10-8-18/h1-4,13H,5-10H2,(H,17,20). The molecule has 118 valence electrons. The first kappa shape index (κ1) is 14.8. The van der Waals surface area contributed by atoms with E-state index in [4.69, 9.17) is 4.74 Å². The van der Waals surface area contributed by atoms with Crippen LogP contribution in [0.2, 0.25) is 0 Å². The number of benzene rings is 1. The maximum Gasteiger partial charge on any atom is 0.321 e. The Morgan fingerprint density at radius 2 is 1.86 bits per heavy atom. The molecule has 2 saturated heterocycles. The summed E-state index contributed by atoms with van der Waals surface area (Å²) in [6, 6.07) is 4.80. The average Bonchev–Trinajstić information content (AvgIpc) is 2.56. The Labute approximate surface area is 127 Å². The third kappa shape index (κ3) is 2.89. The van der Waals surface area contributed by atoms with E-state index in [1.54, 1.807) is 21.9 Å². The minimum Gasteiger partial charge on any atom is -0.378 e. The summed E-state index contributed by atoms with van der Waals surface area (Å²) >= 11 is 0. The minimum absolute atomic E-state index is 0.174. The van der Waals surface area contributed by atoms with E-state index in [0.717, 1.165) is 0 Å². The maximum absolute atomic E-state index is 13.1. The second kappa shape index (κ2) is 6.31. The summed E-state index contributed by atoms with van der Waals surface area (Å²) in [6.07, 6.45) is 0. The van der Waals surface area contributed by atoms with E-state index in [2.05, 4.69) is 5.32 Å². The molecule has 1 N–H and O–H groups in total. The molecule has 0 spiro atoms. The molecule has 22 heavy (non-hydrogen) atoms. The number of carbonyl (C=O) groups is 2. The van der Waals surface area contributed by atoms with Gasteiger partial charge in [-0.15, -0.1) is 0 Å². The van der Waals surface area contributed by atoms with Crippen molar-refractivity contribution in [2.75, 3.05) is 39.4 Å². The maximum atomic E-state index is 13.1. The lowest BCUT2D eigenvalue weighted by Crippen LogP contribution is -2.57. The summed E-state index contributed by atoms with van der Waals surface area (Å²) in [5, 5.41) is 2.76. The van der Waals surface area contributed by atoms with Crippen molar-refractivity contribution in [3.05, 3.63) is 35.6 Å². The Hall–Kier alpha value is -2.15. The smallest absolute Gasteiger partial charge is 0.321 e. The first-order chi connectivity index (χ1) is 10.7. The normalized spacial score (nSPS) is 22.4. The van der Waals surface area contributed by atoms with Gasteiger partial charge in [-0.2, -0.15) is 0 Å². The van der Waals surface area contributed by atoms with Crippen LogP contribution in [0.5, 0.6) is 0 Å². The number of carbonyl (C=O) groups excluding carboxylic acids is 2. The number of hydrogen-bond acceptors (Lipinski definition) is 3. The predicted molar refractivity (Wildman–Crippen MR) is 76.6 cm³/mol. The highest BCUT2D eigenvalue weighted by atomic mass is 19.1. The van der Waals surface area contributed by atoms with E-state index in [-0.39, 0.29) is 17.8 Å². The van der Waals surface area contributed by atoms with E-state index >= 15 is 0 Å². The molecule has 3 amide bonds. The van der Waals surface area contributed by atoms with Gasteiger partial charge in [0.2, 0.25) is 5.91 Å². The number of amides is 3. The number of nitrogens with one attached hydrogen (secondary N) is 1. The summed E-state index contributed by atoms with van der Waals surface area (Å²) in [5.41, 5.74) is 0.611. The Morgan fingerprint density at radius 3 is 2.55 bits per heavy atom. The fraction of sp³-hybridized carbons (Fsp3) is 0.467. The second-order valence-corrected chi connectivity index (χ2v) is 5.32. The molecular formula is C15H18FN3O3. The van der Waals surface area contributed by atoms with Crippen molar-refractivity contribution in [2.45, 2.75) is 6.04 Å². The first-order valence-corrected chi connectivity index (χ1v) is 7.33. The lowest BCUT2D eigenvalue weighted by Gasteiger charge is -2.39. The number of hydrogen-bond donors (Lipinski definition) is 1. The quantitative estimate of drug-likeness (QED) is 0.833. The average molecular weight is 307 g/mol. The lowest BCUT2D eigenvalue weighted by atomic mass is 10.0. The molecule has 2 aliphatic rings. The molecule has 1 aromatic rings. The molecule has 3 rings (SSSR count). The third-order valence-electron chi connectivity index (χ3n) is 3.93. The van der Waals surface area contributed by atoms with Crippen LogP contribution in [0.25, 0.3) is 0 Å². The van der Waals surface area contributed by atoms with Crippen LogP contribution in [0.4, 0.5) is 9.18 Å². The first-order valence-electron chi connectivity index (χ1n) is 7.33. The molecule has 1 aromatic carbocycles. The second-order valence-electron chi connectivity index (χ2n) is 5.32. The Balaban J connectivity index is 1.84. The van der Waals surface area contributed by atoms with Crippen LogP contribution in [0.15, 0.2) is 24.3 Å². The zero-order valence-corrected chi connectivity index (χ0v) is 12.1. The molecule has 7 heteroatoms. The van der Waals surface area contributed by atoms with Crippen LogP contribution in [-0.2, 0) is 9.53 Å². The van der Waals surface area contributed by atoms with Crippen LogP contribution in [0.3, 0.4) is 0 Å². The van der Waals surface area contributed by atoms with E-state index in [0.29, 0.717) is 45.0 Å². The molecule has 2 heterocycles. The van der Waals surface area contributed by atoms with Crippen LogP contribution in [0, 0.1) is 5.82 Å². The largest absolute Gasteiger partial charge is 0.378 e. The number of morpholine rings is 1. The monoisotopic (exact) mass is 307 g/mol. The van der Waals surface area contributed by atoms with Gasteiger partial charge in [-0.25, -0.2) is 9.18 Å². The predicted octanol–water partition coefficient (Wildman–Crippen LogP) is 0.751. The van der Waals surface area contributed by atoms with Crippen molar-refractivity contribution in [2.24, 2.45) is 0 Å². The molecule has 2 aliphatic heterocycles. The van der Waals surface area contributed by atoms with Gasteiger partial charge < -0.3 is 19.9 Å². The summed E-state index contributed by atoms with van der Waals surface area (Å²) in [5.74, 6) is -0.606. The van der Waals surface area contributed by atoms with E-state index in [9.17, 15) is 14.0 Å². The van der Waals surface area contributed by atoms with Gasteiger partial charge in [-0.05, 0) is 17.7 Å². The summed E-state index contributed by atoms with van der Waals surface area (Å²) in [6.45, 7) is 2.91. The van der Waals surface area contributed by atoms with Gasteiger partial charge in [0, 0.05) is 26.2 Å². The molecule has 0 radical (unpaired) electrons. The molecule has 1 unspecified atom stereocenters. The molecule has 0 aliphatic carbocycles. The van der Waals surface area contributed by atoms with Crippen LogP contribution < -0.4 is 5.32 Å². The number of ether oxygens (including phenoxy) is 1. The summed E-state index contributed by atoms with van der Waals surface area (Å²) < 4.78 is 18.3. The van der Waals surface area contributed by atoms with Gasteiger partial charge >= 0.3 is 6.03 Å². The van der Waals surface area contributed by atoms with Crippen LogP contribution in [-0.4, -0.2) is 61.1 Å². The van der Waals surface area contributed by atoms with Gasteiger partial charge in [0.25, 0.3) is 0 Å². The zero-order valence-electron chi connectivity index (χ0n) is 12.1.